The van der Waals surface area contributed by atoms with Gasteiger partial charge >= 0.3 is 0 Å². The highest BCUT2D eigenvalue weighted by molar-refractivity contribution is 7.99. The predicted molar refractivity (Wildman–Crippen MR) is 103 cm³/mol. The highest BCUT2D eigenvalue weighted by Gasteiger charge is 2.19. The van der Waals surface area contributed by atoms with Crippen LogP contribution in [-0.2, 0) is 17.6 Å². The molecule has 3 nitrogen and oxygen atoms in total. The Morgan fingerprint density at radius 3 is 2.76 bits per heavy atom. The number of rotatable bonds is 7. The van der Waals surface area contributed by atoms with Gasteiger partial charge in [0.25, 0.3) is 5.91 Å². The number of hydrogen-bond acceptors (Lipinski definition) is 3. The summed E-state index contributed by atoms with van der Waals surface area (Å²) in [5, 5.41) is 2.97. The molecule has 0 aromatic heterocycles. The average Bonchev–Trinajstić information content (AvgIpc) is 2.66. The van der Waals surface area contributed by atoms with Crippen LogP contribution < -0.4 is 10.1 Å². The molecule has 25 heavy (non-hydrogen) atoms. The lowest BCUT2D eigenvalue weighted by atomic mass is 9.91. The number of hydrogen-bond donors (Lipinski definition) is 1. The highest BCUT2D eigenvalue weighted by Crippen LogP contribution is 2.30. The molecule has 1 aliphatic rings. The second-order valence-electron chi connectivity index (χ2n) is 6.31. The van der Waals surface area contributed by atoms with E-state index in [0.717, 1.165) is 24.3 Å². The van der Waals surface area contributed by atoms with Crippen molar-refractivity contribution in [2.24, 2.45) is 0 Å². The van der Waals surface area contributed by atoms with Gasteiger partial charge < -0.3 is 10.1 Å². The normalized spacial score (nSPS) is 14.4. The van der Waals surface area contributed by atoms with Gasteiger partial charge in [0.2, 0.25) is 0 Å². The van der Waals surface area contributed by atoms with Gasteiger partial charge in [-0.1, -0.05) is 30.3 Å². The molecule has 2 aromatic rings. The number of amides is 1. The Hall–Kier alpha value is -1.94. The summed E-state index contributed by atoms with van der Waals surface area (Å²) in [6, 6.07) is 16.4. The zero-order valence-electron chi connectivity index (χ0n) is 14.7. The molecule has 0 saturated heterocycles. The lowest BCUT2D eigenvalue weighted by Crippen LogP contribution is -2.37. The molecule has 0 heterocycles. The number of thioether (sulfide) groups is 1. The molecule has 1 atom stereocenters. The highest BCUT2D eigenvalue weighted by atomic mass is 32.2. The minimum Gasteiger partial charge on any atom is -0.481 e. The van der Waals surface area contributed by atoms with Crippen molar-refractivity contribution in [3.8, 4) is 5.75 Å². The van der Waals surface area contributed by atoms with E-state index in [2.05, 4.69) is 23.5 Å². The molecule has 0 bridgehead atoms. The van der Waals surface area contributed by atoms with Gasteiger partial charge in [-0.05, 0) is 61.9 Å². The molecule has 0 fully saturated rings. The summed E-state index contributed by atoms with van der Waals surface area (Å²) in [5.74, 6) is 1.67. The fourth-order valence-electron chi connectivity index (χ4n) is 3.10. The third-order valence-corrected chi connectivity index (χ3v) is 5.45. The third kappa shape index (κ3) is 5.02. The maximum absolute atomic E-state index is 12.3. The first-order chi connectivity index (χ1) is 12.2. The summed E-state index contributed by atoms with van der Waals surface area (Å²) in [5.41, 5.74) is 2.66. The van der Waals surface area contributed by atoms with Crippen molar-refractivity contribution >= 4 is 17.7 Å². The first kappa shape index (κ1) is 17.9. The van der Waals surface area contributed by atoms with Crippen LogP contribution in [0.4, 0.5) is 0 Å². The Bertz CT molecular complexity index is 702. The van der Waals surface area contributed by atoms with Crippen LogP contribution in [-0.4, -0.2) is 24.3 Å². The second kappa shape index (κ2) is 8.95. The fraction of sp³-hybridized carbons (Fsp3) is 0.381. The topological polar surface area (TPSA) is 38.3 Å². The van der Waals surface area contributed by atoms with Crippen molar-refractivity contribution in [3.05, 3.63) is 59.7 Å². The van der Waals surface area contributed by atoms with Crippen molar-refractivity contribution in [1.82, 2.24) is 5.32 Å². The van der Waals surface area contributed by atoms with Crippen molar-refractivity contribution in [1.29, 1.82) is 0 Å². The standard InChI is InChI=1S/C21H25NO2S/c1-16(21(23)22-14-15-25-18-10-3-2-4-11-18)24-20-13-7-9-17-8-5-6-12-19(17)20/h2-4,7,9-11,13,16H,5-6,8,12,14-15H2,1H3,(H,22,23)/t16-/m0/s1. The van der Waals surface area contributed by atoms with Gasteiger partial charge in [0.1, 0.15) is 5.75 Å². The van der Waals surface area contributed by atoms with Crippen LogP contribution in [0, 0.1) is 0 Å². The maximum Gasteiger partial charge on any atom is 0.260 e. The molecule has 0 saturated carbocycles. The molecule has 3 rings (SSSR count). The molecule has 0 radical (unpaired) electrons. The summed E-state index contributed by atoms with van der Waals surface area (Å²) in [6.45, 7) is 2.46. The van der Waals surface area contributed by atoms with Gasteiger partial charge in [0.05, 0.1) is 0 Å². The maximum atomic E-state index is 12.3. The third-order valence-electron chi connectivity index (χ3n) is 4.44. The number of benzene rings is 2. The molecule has 2 aromatic carbocycles. The van der Waals surface area contributed by atoms with E-state index < -0.39 is 6.10 Å². The number of nitrogens with one attached hydrogen (secondary N) is 1. The van der Waals surface area contributed by atoms with Gasteiger partial charge in [-0.2, -0.15) is 0 Å². The van der Waals surface area contributed by atoms with Crippen molar-refractivity contribution < 1.29 is 9.53 Å². The Kier molecular flexibility index (Phi) is 6.40. The lowest BCUT2D eigenvalue weighted by molar-refractivity contribution is -0.127. The predicted octanol–water partition coefficient (Wildman–Crippen LogP) is 4.24. The molecule has 4 heteroatoms. The summed E-state index contributed by atoms with van der Waals surface area (Å²) >= 11 is 1.74. The van der Waals surface area contributed by atoms with Gasteiger partial charge in [-0.3, -0.25) is 4.79 Å². The monoisotopic (exact) mass is 355 g/mol. The smallest absolute Gasteiger partial charge is 0.260 e. The average molecular weight is 356 g/mol. The van der Waals surface area contributed by atoms with E-state index in [1.165, 1.54) is 28.9 Å². The van der Waals surface area contributed by atoms with Crippen molar-refractivity contribution in [3.63, 3.8) is 0 Å². The van der Waals surface area contributed by atoms with Crippen LogP contribution in [0.5, 0.6) is 5.75 Å². The Morgan fingerprint density at radius 1 is 1.12 bits per heavy atom. The van der Waals surface area contributed by atoms with Crippen LogP contribution in [0.2, 0.25) is 0 Å². The second-order valence-corrected chi connectivity index (χ2v) is 7.48. The lowest BCUT2D eigenvalue weighted by Gasteiger charge is -2.22. The van der Waals surface area contributed by atoms with Crippen LogP contribution >= 0.6 is 11.8 Å². The Morgan fingerprint density at radius 2 is 1.92 bits per heavy atom. The minimum atomic E-state index is -0.477. The van der Waals surface area contributed by atoms with Gasteiger partial charge in [0.15, 0.2) is 6.10 Å². The number of fused-ring (bicyclic) bond motifs is 1. The SMILES string of the molecule is C[C@H](Oc1cccc2c1CCCC2)C(=O)NCCSc1ccccc1. The molecule has 132 valence electrons. The first-order valence-corrected chi connectivity index (χ1v) is 9.95. The summed E-state index contributed by atoms with van der Waals surface area (Å²) in [4.78, 5) is 13.5. The molecule has 0 unspecified atom stereocenters. The van der Waals surface area contributed by atoms with E-state index in [1.54, 1.807) is 11.8 Å². The number of carbonyl (C=O) groups is 1. The first-order valence-electron chi connectivity index (χ1n) is 8.97. The Labute approximate surface area is 154 Å². The number of ether oxygens (including phenoxy) is 1. The van der Waals surface area contributed by atoms with E-state index in [-0.39, 0.29) is 5.91 Å². The van der Waals surface area contributed by atoms with E-state index in [9.17, 15) is 4.79 Å². The molecule has 0 aliphatic heterocycles. The van der Waals surface area contributed by atoms with Crippen LogP contribution in [0.15, 0.2) is 53.4 Å². The largest absolute Gasteiger partial charge is 0.481 e. The summed E-state index contributed by atoms with van der Waals surface area (Å²) in [6.07, 6.45) is 4.13. The molecule has 1 amide bonds. The van der Waals surface area contributed by atoms with Crippen LogP contribution in [0.1, 0.15) is 30.9 Å². The number of aryl methyl sites for hydroxylation is 1. The van der Waals surface area contributed by atoms with E-state index in [1.807, 2.05) is 37.3 Å². The minimum absolute atomic E-state index is 0.0536. The van der Waals surface area contributed by atoms with Crippen LogP contribution in [0.3, 0.4) is 0 Å². The summed E-state index contributed by atoms with van der Waals surface area (Å²) < 4.78 is 5.97. The molecule has 1 N–H and O–H groups in total. The Balaban J connectivity index is 1.46. The van der Waals surface area contributed by atoms with E-state index >= 15 is 0 Å². The van der Waals surface area contributed by atoms with Gasteiger partial charge in [-0.25, -0.2) is 0 Å². The van der Waals surface area contributed by atoms with Crippen LogP contribution in [0.25, 0.3) is 0 Å². The molecular formula is C21H25NO2S. The van der Waals surface area contributed by atoms with Crippen molar-refractivity contribution in [2.75, 3.05) is 12.3 Å². The molecule has 1 aliphatic carbocycles. The fourth-order valence-corrected chi connectivity index (χ4v) is 3.89. The zero-order chi connectivity index (χ0) is 17.5. The zero-order valence-corrected chi connectivity index (χ0v) is 15.5. The van der Waals surface area contributed by atoms with E-state index in [0.29, 0.717) is 6.54 Å². The van der Waals surface area contributed by atoms with Gasteiger partial charge in [-0.15, -0.1) is 11.8 Å². The molecular weight excluding hydrogens is 330 g/mol. The molecule has 0 spiro atoms. The van der Waals surface area contributed by atoms with Gasteiger partial charge in [0, 0.05) is 17.2 Å². The quantitative estimate of drug-likeness (QED) is 0.596. The summed E-state index contributed by atoms with van der Waals surface area (Å²) in [7, 11) is 0. The van der Waals surface area contributed by atoms with E-state index in [4.69, 9.17) is 4.74 Å². The number of carbonyl (C=O) groups excluding carboxylic acids is 1. The van der Waals surface area contributed by atoms with Crippen molar-refractivity contribution in [2.45, 2.75) is 43.6 Å².